The summed E-state index contributed by atoms with van der Waals surface area (Å²) < 4.78 is 1.81. The van der Waals surface area contributed by atoms with Crippen LogP contribution in [0.1, 0.15) is 33.1 Å². The number of anilines is 1. The molecule has 1 atom stereocenters. The smallest absolute Gasteiger partial charge is 0.147 e. The molecular weight excluding hydrogens is 212 g/mol. The zero-order valence-electron chi connectivity index (χ0n) is 11.3. The Morgan fingerprint density at radius 3 is 2.71 bits per heavy atom. The lowest BCUT2D eigenvalue weighted by Crippen LogP contribution is -2.15. The molecule has 0 amide bonds. The Labute approximate surface area is 105 Å². The first kappa shape index (κ1) is 14.0. The van der Waals surface area contributed by atoms with Crippen molar-refractivity contribution in [3.05, 3.63) is 12.3 Å². The summed E-state index contributed by atoms with van der Waals surface area (Å²) >= 11 is 0. The van der Waals surface area contributed by atoms with Crippen molar-refractivity contribution in [3.8, 4) is 0 Å². The Bertz CT molecular complexity index is 306. The molecule has 0 radical (unpaired) electrons. The molecule has 1 unspecified atom stereocenters. The fraction of sp³-hybridized carbons (Fsp3) is 0.769. The van der Waals surface area contributed by atoms with Gasteiger partial charge >= 0.3 is 0 Å². The van der Waals surface area contributed by atoms with E-state index in [1.165, 1.54) is 12.8 Å². The SMILES string of the molecule is CC(C)C(CCN)CCCNc1ccn(C)n1. The van der Waals surface area contributed by atoms with Crippen molar-refractivity contribution in [1.82, 2.24) is 9.78 Å². The molecule has 0 fully saturated rings. The largest absolute Gasteiger partial charge is 0.369 e. The Kier molecular flexibility index (Phi) is 6.05. The first-order valence-corrected chi connectivity index (χ1v) is 6.57. The van der Waals surface area contributed by atoms with Gasteiger partial charge in [-0.1, -0.05) is 13.8 Å². The number of aromatic nitrogens is 2. The van der Waals surface area contributed by atoms with E-state index in [1.54, 1.807) is 0 Å². The number of hydrogen-bond donors (Lipinski definition) is 2. The van der Waals surface area contributed by atoms with Gasteiger partial charge in [-0.3, -0.25) is 4.68 Å². The van der Waals surface area contributed by atoms with Gasteiger partial charge in [0.05, 0.1) is 0 Å². The molecule has 0 aliphatic heterocycles. The molecule has 1 aromatic heterocycles. The lowest BCUT2D eigenvalue weighted by Gasteiger charge is -2.19. The number of aryl methyl sites for hydroxylation is 1. The summed E-state index contributed by atoms with van der Waals surface area (Å²) in [6.45, 7) is 6.36. The molecule has 3 N–H and O–H groups in total. The lowest BCUT2D eigenvalue weighted by atomic mass is 9.88. The van der Waals surface area contributed by atoms with E-state index in [9.17, 15) is 0 Å². The first-order chi connectivity index (χ1) is 8.13. The van der Waals surface area contributed by atoms with Crippen molar-refractivity contribution in [1.29, 1.82) is 0 Å². The molecule has 0 spiro atoms. The molecule has 0 bridgehead atoms. The molecular formula is C13H26N4. The molecule has 4 nitrogen and oxygen atoms in total. The lowest BCUT2D eigenvalue weighted by molar-refractivity contribution is 0.336. The van der Waals surface area contributed by atoms with Gasteiger partial charge in [0.1, 0.15) is 5.82 Å². The third-order valence-electron chi connectivity index (χ3n) is 3.25. The molecule has 1 aromatic rings. The van der Waals surface area contributed by atoms with Crippen LogP contribution in [0.3, 0.4) is 0 Å². The average molecular weight is 238 g/mol. The van der Waals surface area contributed by atoms with Gasteiger partial charge < -0.3 is 11.1 Å². The maximum atomic E-state index is 5.64. The molecule has 98 valence electrons. The monoisotopic (exact) mass is 238 g/mol. The van der Waals surface area contributed by atoms with Crippen LogP contribution in [0.15, 0.2) is 12.3 Å². The summed E-state index contributed by atoms with van der Waals surface area (Å²) in [5.74, 6) is 2.45. The summed E-state index contributed by atoms with van der Waals surface area (Å²) in [7, 11) is 1.93. The average Bonchev–Trinajstić information content (AvgIpc) is 2.68. The fourth-order valence-corrected chi connectivity index (χ4v) is 2.12. The van der Waals surface area contributed by atoms with Gasteiger partial charge in [-0.05, 0) is 37.6 Å². The minimum atomic E-state index is 0.730. The zero-order chi connectivity index (χ0) is 12.7. The van der Waals surface area contributed by atoms with Crippen LogP contribution in [0.4, 0.5) is 5.82 Å². The summed E-state index contributed by atoms with van der Waals surface area (Å²) in [5.41, 5.74) is 5.64. The molecule has 1 heterocycles. The van der Waals surface area contributed by atoms with Gasteiger partial charge in [-0.15, -0.1) is 0 Å². The van der Waals surface area contributed by atoms with Crippen LogP contribution < -0.4 is 11.1 Å². The maximum absolute atomic E-state index is 5.64. The van der Waals surface area contributed by atoms with Crippen molar-refractivity contribution in [2.24, 2.45) is 24.6 Å². The maximum Gasteiger partial charge on any atom is 0.147 e. The fourth-order valence-electron chi connectivity index (χ4n) is 2.12. The number of nitrogens with one attached hydrogen (secondary N) is 1. The second-order valence-electron chi connectivity index (χ2n) is 5.03. The van der Waals surface area contributed by atoms with Crippen molar-refractivity contribution in [2.45, 2.75) is 33.1 Å². The highest BCUT2D eigenvalue weighted by molar-refractivity contribution is 5.31. The molecule has 0 saturated heterocycles. The number of hydrogen-bond acceptors (Lipinski definition) is 3. The normalized spacial score (nSPS) is 13.0. The van der Waals surface area contributed by atoms with Crippen LogP contribution in [-0.4, -0.2) is 22.9 Å². The second kappa shape index (κ2) is 7.33. The Morgan fingerprint density at radius 2 is 2.18 bits per heavy atom. The topological polar surface area (TPSA) is 55.9 Å². The predicted molar refractivity (Wildman–Crippen MR) is 72.9 cm³/mol. The molecule has 17 heavy (non-hydrogen) atoms. The third kappa shape index (κ3) is 5.22. The van der Waals surface area contributed by atoms with Gasteiger partial charge in [0.25, 0.3) is 0 Å². The van der Waals surface area contributed by atoms with Crippen LogP contribution in [-0.2, 0) is 7.05 Å². The van der Waals surface area contributed by atoms with E-state index in [2.05, 4.69) is 24.3 Å². The molecule has 0 aliphatic rings. The molecule has 1 rings (SSSR count). The third-order valence-corrected chi connectivity index (χ3v) is 3.25. The summed E-state index contributed by atoms with van der Waals surface area (Å²) in [5, 5.41) is 7.62. The molecule has 0 aromatic carbocycles. The van der Waals surface area contributed by atoms with E-state index >= 15 is 0 Å². The highest BCUT2D eigenvalue weighted by Gasteiger charge is 2.11. The van der Waals surface area contributed by atoms with E-state index in [-0.39, 0.29) is 0 Å². The van der Waals surface area contributed by atoms with Crippen LogP contribution in [0, 0.1) is 11.8 Å². The standard InChI is InChI=1S/C13H26N4/c1-11(2)12(6-8-14)5-4-9-15-13-7-10-17(3)16-13/h7,10-12H,4-6,8-9,14H2,1-3H3,(H,15,16). The second-order valence-corrected chi connectivity index (χ2v) is 5.03. The molecule has 0 saturated carbocycles. The minimum absolute atomic E-state index is 0.730. The van der Waals surface area contributed by atoms with Gasteiger partial charge in [0.15, 0.2) is 0 Å². The van der Waals surface area contributed by atoms with Crippen molar-refractivity contribution >= 4 is 5.82 Å². The van der Waals surface area contributed by atoms with E-state index in [1.807, 2.05) is 24.0 Å². The summed E-state index contributed by atoms with van der Waals surface area (Å²) in [6.07, 6.45) is 5.52. The highest BCUT2D eigenvalue weighted by atomic mass is 15.3. The summed E-state index contributed by atoms with van der Waals surface area (Å²) in [6, 6.07) is 2.00. The van der Waals surface area contributed by atoms with Crippen LogP contribution >= 0.6 is 0 Å². The Hall–Kier alpha value is -1.03. The van der Waals surface area contributed by atoms with Crippen LogP contribution in [0.25, 0.3) is 0 Å². The van der Waals surface area contributed by atoms with Gasteiger partial charge in [-0.25, -0.2) is 0 Å². The summed E-state index contributed by atoms with van der Waals surface area (Å²) in [4.78, 5) is 0. The zero-order valence-corrected chi connectivity index (χ0v) is 11.3. The number of nitrogens with zero attached hydrogens (tertiary/aromatic N) is 2. The molecule has 0 aliphatic carbocycles. The van der Waals surface area contributed by atoms with Gasteiger partial charge in [0.2, 0.25) is 0 Å². The highest BCUT2D eigenvalue weighted by Crippen LogP contribution is 2.20. The van der Waals surface area contributed by atoms with Crippen LogP contribution in [0.2, 0.25) is 0 Å². The van der Waals surface area contributed by atoms with E-state index in [4.69, 9.17) is 5.73 Å². The van der Waals surface area contributed by atoms with Gasteiger partial charge in [0, 0.05) is 25.9 Å². The Balaban J connectivity index is 2.18. The van der Waals surface area contributed by atoms with Crippen molar-refractivity contribution < 1.29 is 0 Å². The van der Waals surface area contributed by atoms with Crippen molar-refractivity contribution in [3.63, 3.8) is 0 Å². The predicted octanol–water partition coefficient (Wildman–Crippen LogP) is 2.23. The van der Waals surface area contributed by atoms with E-state index in [0.29, 0.717) is 0 Å². The van der Waals surface area contributed by atoms with Crippen molar-refractivity contribution in [2.75, 3.05) is 18.4 Å². The number of nitrogens with two attached hydrogens (primary N) is 1. The minimum Gasteiger partial charge on any atom is -0.369 e. The first-order valence-electron chi connectivity index (χ1n) is 6.57. The van der Waals surface area contributed by atoms with Gasteiger partial charge in [-0.2, -0.15) is 5.10 Å². The Morgan fingerprint density at radius 1 is 1.41 bits per heavy atom. The number of rotatable bonds is 8. The quantitative estimate of drug-likeness (QED) is 0.683. The van der Waals surface area contributed by atoms with E-state index < -0.39 is 0 Å². The van der Waals surface area contributed by atoms with E-state index in [0.717, 1.165) is 37.2 Å². The van der Waals surface area contributed by atoms with Crippen LogP contribution in [0.5, 0.6) is 0 Å². The molecule has 4 heteroatoms.